The van der Waals surface area contributed by atoms with Gasteiger partial charge in [-0.2, -0.15) is 0 Å². The molecule has 0 aliphatic rings. The van der Waals surface area contributed by atoms with E-state index in [4.69, 9.17) is 10.5 Å². The third kappa shape index (κ3) is 8.22. The van der Waals surface area contributed by atoms with Crippen molar-refractivity contribution in [3.63, 3.8) is 0 Å². The van der Waals surface area contributed by atoms with Crippen molar-refractivity contribution in [2.45, 2.75) is 45.1 Å². The molecule has 0 saturated heterocycles. The molecule has 3 N–H and O–H groups in total. The van der Waals surface area contributed by atoms with Gasteiger partial charge in [-0.25, -0.2) is 0 Å². The maximum Gasteiger partial charge on any atom is 0.0742 e. The van der Waals surface area contributed by atoms with Gasteiger partial charge in [0, 0.05) is 19.8 Å². The second-order valence-corrected chi connectivity index (χ2v) is 3.77. The van der Waals surface area contributed by atoms with E-state index in [1.165, 1.54) is 6.42 Å². The molecule has 0 saturated carbocycles. The molecular formula is C10H23NO2. The van der Waals surface area contributed by atoms with Gasteiger partial charge in [-0.1, -0.05) is 13.3 Å². The highest BCUT2D eigenvalue weighted by Crippen LogP contribution is 2.09. The lowest BCUT2D eigenvalue weighted by Crippen LogP contribution is -2.34. The van der Waals surface area contributed by atoms with Crippen molar-refractivity contribution in [3.8, 4) is 0 Å². The van der Waals surface area contributed by atoms with Crippen molar-refractivity contribution in [3.05, 3.63) is 0 Å². The Bertz CT molecular complexity index is 115. The summed E-state index contributed by atoms with van der Waals surface area (Å²) in [5.74, 6) is 0. The quantitative estimate of drug-likeness (QED) is 0.566. The lowest BCUT2D eigenvalue weighted by Gasteiger charge is -2.20. The number of hydrogen-bond donors (Lipinski definition) is 2. The minimum absolute atomic E-state index is 0.321. The molecule has 80 valence electrons. The van der Waals surface area contributed by atoms with E-state index in [-0.39, 0.29) is 0 Å². The largest absolute Gasteiger partial charge is 0.389 e. The zero-order valence-corrected chi connectivity index (χ0v) is 8.88. The lowest BCUT2D eigenvalue weighted by molar-refractivity contribution is 0.0431. The Morgan fingerprint density at radius 1 is 1.31 bits per heavy atom. The highest BCUT2D eigenvalue weighted by atomic mass is 16.5. The van der Waals surface area contributed by atoms with Crippen LogP contribution in [0.4, 0.5) is 0 Å². The van der Waals surface area contributed by atoms with Crippen molar-refractivity contribution in [1.29, 1.82) is 0 Å². The van der Waals surface area contributed by atoms with Gasteiger partial charge in [0.1, 0.15) is 0 Å². The van der Waals surface area contributed by atoms with Crippen LogP contribution in [0.25, 0.3) is 0 Å². The number of hydrogen-bond acceptors (Lipinski definition) is 3. The fraction of sp³-hybridized carbons (Fsp3) is 1.00. The van der Waals surface area contributed by atoms with Gasteiger partial charge in [0.15, 0.2) is 0 Å². The molecule has 0 aromatic rings. The van der Waals surface area contributed by atoms with Crippen LogP contribution in [0, 0.1) is 0 Å². The SMILES string of the molecule is CCCCOCCCC(C)(O)CN. The molecule has 1 unspecified atom stereocenters. The van der Waals surface area contributed by atoms with Crippen LogP contribution < -0.4 is 5.73 Å². The number of nitrogens with two attached hydrogens (primary N) is 1. The maximum atomic E-state index is 9.55. The predicted octanol–water partition coefficient (Wildman–Crippen LogP) is 1.29. The first kappa shape index (κ1) is 12.9. The molecular weight excluding hydrogens is 166 g/mol. The van der Waals surface area contributed by atoms with Crippen LogP contribution in [0.5, 0.6) is 0 Å². The summed E-state index contributed by atoms with van der Waals surface area (Å²) in [6, 6.07) is 0. The van der Waals surface area contributed by atoms with Gasteiger partial charge in [0.05, 0.1) is 5.60 Å². The first-order valence-electron chi connectivity index (χ1n) is 5.12. The Morgan fingerprint density at radius 2 is 1.92 bits per heavy atom. The molecule has 0 heterocycles. The fourth-order valence-electron chi connectivity index (χ4n) is 1.01. The summed E-state index contributed by atoms with van der Waals surface area (Å²) in [4.78, 5) is 0. The second kappa shape index (κ2) is 7.30. The van der Waals surface area contributed by atoms with Gasteiger partial charge in [-0.15, -0.1) is 0 Å². The summed E-state index contributed by atoms with van der Waals surface area (Å²) in [6.45, 7) is 5.79. The Hall–Kier alpha value is -0.120. The second-order valence-electron chi connectivity index (χ2n) is 3.77. The van der Waals surface area contributed by atoms with Gasteiger partial charge in [0.25, 0.3) is 0 Å². The fourth-order valence-corrected chi connectivity index (χ4v) is 1.01. The highest BCUT2D eigenvalue weighted by molar-refractivity contribution is 4.72. The topological polar surface area (TPSA) is 55.5 Å². The van der Waals surface area contributed by atoms with Crippen LogP contribution in [-0.4, -0.2) is 30.5 Å². The lowest BCUT2D eigenvalue weighted by atomic mass is 10.0. The number of ether oxygens (including phenoxy) is 1. The highest BCUT2D eigenvalue weighted by Gasteiger charge is 2.16. The minimum Gasteiger partial charge on any atom is -0.389 e. The van der Waals surface area contributed by atoms with Crippen LogP contribution in [0.15, 0.2) is 0 Å². The number of unbranched alkanes of at least 4 members (excludes halogenated alkanes) is 1. The van der Waals surface area contributed by atoms with Gasteiger partial charge in [-0.05, 0) is 26.2 Å². The van der Waals surface area contributed by atoms with Crippen molar-refractivity contribution in [2.24, 2.45) is 5.73 Å². The van der Waals surface area contributed by atoms with E-state index in [2.05, 4.69) is 6.92 Å². The Morgan fingerprint density at radius 3 is 2.46 bits per heavy atom. The van der Waals surface area contributed by atoms with Crippen molar-refractivity contribution in [1.82, 2.24) is 0 Å². The van der Waals surface area contributed by atoms with Crippen LogP contribution in [0.1, 0.15) is 39.5 Å². The van der Waals surface area contributed by atoms with Crippen LogP contribution >= 0.6 is 0 Å². The van der Waals surface area contributed by atoms with Crippen LogP contribution in [0.3, 0.4) is 0 Å². The maximum absolute atomic E-state index is 9.55. The van der Waals surface area contributed by atoms with E-state index in [1.807, 2.05) is 0 Å². The summed E-state index contributed by atoms with van der Waals surface area (Å²) in [7, 11) is 0. The van der Waals surface area contributed by atoms with E-state index in [9.17, 15) is 5.11 Å². The summed E-state index contributed by atoms with van der Waals surface area (Å²) < 4.78 is 5.36. The van der Waals surface area contributed by atoms with Gasteiger partial charge in [0.2, 0.25) is 0 Å². The molecule has 0 spiro atoms. The Labute approximate surface area is 81.3 Å². The minimum atomic E-state index is -0.714. The third-order valence-corrected chi connectivity index (χ3v) is 2.09. The summed E-state index contributed by atoms with van der Waals surface area (Å²) >= 11 is 0. The zero-order chi connectivity index (χ0) is 10.2. The van der Waals surface area contributed by atoms with Gasteiger partial charge in [-0.3, -0.25) is 0 Å². The molecule has 0 aromatic heterocycles. The smallest absolute Gasteiger partial charge is 0.0742 e. The first-order chi connectivity index (χ1) is 6.12. The molecule has 0 aliphatic carbocycles. The molecule has 0 fully saturated rings. The molecule has 0 bridgehead atoms. The number of rotatable bonds is 8. The van der Waals surface area contributed by atoms with Crippen LogP contribution in [0.2, 0.25) is 0 Å². The molecule has 0 aliphatic heterocycles. The van der Waals surface area contributed by atoms with Crippen molar-refractivity contribution in [2.75, 3.05) is 19.8 Å². The van der Waals surface area contributed by atoms with E-state index in [0.29, 0.717) is 6.54 Å². The number of aliphatic hydroxyl groups is 1. The Balaban J connectivity index is 3.16. The first-order valence-corrected chi connectivity index (χ1v) is 5.12. The molecule has 0 radical (unpaired) electrons. The monoisotopic (exact) mass is 189 g/mol. The summed E-state index contributed by atoms with van der Waals surface area (Å²) in [5, 5.41) is 9.55. The zero-order valence-electron chi connectivity index (χ0n) is 8.88. The standard InChI is InChI=1S/C10H23NO2/c1-3-4-7-13-8-5-6-10(2,12)9-11/h12H,3-9,11H2,1-2H3. The predicted molar refractivity (Wildman–Crippen MR) is 54.6 cm³/mol. The van der Waals surface area contributed by atoms with E-state index < -0.39 is 5.60 Å². The molecule has 0 rings (SSSR count). The molecule has 13 heavy (non-hydrogen) atoms. The molecule has 1 atom stereocenters. The van der Waals surface area contributed by atoms with E-state index >= 15 is 0 Å². The van der Waals surface area contributed by atoms with Gasteiger partial charge < -0.3 is 15.6 Å². The molecule has 0 amide bonds. The van der Waals surface area contributed by atoms with E-state index in [0.717, 1.165) is 32.5 Å². The normalized spacial score (nSPS) is 15.7. The van der Waals surface area contributed by atoms with Crippen molar-refractivity contribution >= 4 is 0 Å². The van der Waals surface area contributed by atoms with E-state index in [1.54, 1.807) is 6.92 Å². The molecule has 3 heteroatoms. The average Bonchev–Trinajstić information content (AvgIpc) is 2.11. The summed E-state index contributed by atoms with van der Waals surface area (Å²) in [5.41, 5.74) is 4.66. The van der Waals surface area contributed by atoms with Crippen LogP contribution in [-0.2, 0) is 4.74 Å². The third-order valence-electron chi connectivity index (χ3n) is 2.09. The van der Waals surface area contributed by atoms with Crippen molar-refractivity contribution < 1.29 is 9.84 Å². The molecule has 3 nitrogen and oxygen atoms in total. The van der Waals surface area contributed by atoms with Gasteiger partial charge >= 0.3 is 0 Å². The summed E-state index contributed by atoms with van der Waals surface area (Å²) in [6.07, 6.45) is 3.89. The average molecular weight is 189 g/mol. The Kier molecular flexibility index (Phi) is 7.23. The molecule has 0 aromatic carbocycles.